The van der Waals surface area contributed by atoms with Gasteiger partial charge in [0.2, 0.25) is 5.91 Å². The van der Waals surface area contributed by atoms with Gasteiger partial charge in [0.05, 0.1) is 13.7 Å². The third kappa shape index (κ3) is 8.74. The summed E-state index contributed by atoms with van der Waals surface area (Å²) in [6.45, 7) is 1.94. The number of carbonyl (C=O) groups is 2. The third-order valence-electron chi connectivity index (χ3n) is 2.12. The molecule has 0 heterocycles. The molecule has 0 aliphatic carbocycles. The predicted molar refractivity (Wildman–Crippen MR) is 66.0 cm³/mol. The molecule has 0 aliphatic rings. The first-order valence-corrected chi connectivity index (χ1v) is 5.78. The van der Waals surface area contributed by atoms with Crippen molar-refractivity contribution in [3.05, 3.63) is 0 Å². The standard InChI is InChI=1S/C10H22N4O4/c1-18-10(17)14-6-5-12-3-2-4-13-9(16)8(11)7-15/h8,12,15H,2-7,11H2,1H3,(H,13,16)(H,14,17)/t8-/m0/s1. The third-order valence-corrected chi connectivity index (χ3v) is 2.12. The molecule has 18 heavy (non-hydrogen) atoms. The monoisotopic (exact) mass is 262 g/mol. The number of amides is 2. The first kappa shape index (κ1) is 16.6. The Bertz CT molecular complexity index is 250. The maximum absolute atomic E-state index is 11.1. The number of nitrogens with two attached hydrogens (primary N) is 1. The maximum Gasteiger partial charge on any atom is 0.406 e. The van der Waals surface area contributed by atoms with Crippen molar-refractivity contribution < 1.29 is 19.4 Å². The highest BCUT2D eigenvalue weighted by molar-refractivity contribution is 5.81. The minimum absolute atomic E-state index is 0.357. The number of aliphatic hydroxyl groups is 1. The summed E-state index contributed by atoms with van der Waals surface area (Å²) in [5.41, 5.74) is 5.31. The van der Waals surface area contributed by atoms with Crippen molar-refractivity contribution in [3.63, 3.8) is 0 Å². The quantitative estimate of drug-likeness (QED) is 0.299. The Morgan fingerprint density at radius 3 is 2.56 bits per heavy atom. The summed E-state index contributed by atoms with van der Waals surface area (Å²) in [5.74, 6) is -0.357. The highest BCUT2D eigenvalue weighted by atomic mass is 16.5. The van der Waals surface area contributed by atoms with Crippen LogP contribution in [0.2, 0.25) is 0 Å². The van der Waals surface area contributed by atoms with Crippen molar-refractivity contribution in [2.24, 2.45) is 5.73 Å². The lowest BCUT2D eigenvalue weighted by Crippen LogP contribution is -2.43. The molecule has 0 spiro atoms. The molecular formula is C10H22N4O4. The molecule has 0 saturated carbocycles. The van der Waals surface area contributed by atoms with Crippen molar-refractivity contribution in [2.45, 2.75) is 12.5 Å². The van der Waals surface area contributed by atoms with Crippen LogP contribution < -0.4 is 21.7 Å². The molecule has 0 aliphatic heterocycles. The van der Waals surface area contributed by atoms with E-state index < -0.39 is 12.1 Å². The van der Waals surface area contributed by atoms with Crippen LogP contribution in [0.5, 0.6) is 0 Å². The van der Waals surface area contributed by atoms with Gasteiger partial charge >= 0.3 is 6.09 Å². The van der Waals surface area contributed by atoms with Gasteiger partial charge in [0.1, 0.15) is 6.04 Å². The molecule has 8 heteroatoms. The van der Waals surface area contributed by atoms with Crippen LogP contribution in [0, 0.1) is 0 Å². The fourth-order valence-corrected chi connectivity index (χ4v) is 1.09. The summed E-state index contributed by atoms with van der Waals surface area (Å²) in [4.78, 5) is 21.8. The zero-order valence-corrected chi connectivity index (χ0v) is 10.6. The summed E-state index contributed by atoms with van der Waals surface area (Å²) in [7, 11) is 1.31. The zero-order valence-electron chi connectivity index (χ0n) is 10.6. The zero-order chi connectivity index (χ0) is 13.8. The topological polar surface area (TPSA) is 126 Å². The fraction of sp³-hybridized carbons (Fsp3) is 0.800. The molecule has 0 unspecified atom stereocenters. The van der Waals surface area contributed by atoms with Crippen LogP contribution in [0.1, 0.15) is 6.42 Å². The van der Waals surface area contributed by atoms with Crippen LogP contribution >= 0.6 is 0 Å². The molecular weight excluding hydrogens is 240 g/mol. The number of aliphatic hydroxyl groups excluding tert-OH is 1. The molecule has 0 fully saturated rings. The Labute approximate surface area is 106 Å². The van der Waals surface area contributed by atoms with Gasteiger partial charge in [0.25, 0.3) is 0 Å². The van der Waals surface area contributed by atoms with E-state index in [9.17, 15) is 9.59 Å². The summed E-state index contributed by atoms with van der Waals surface area (Å²) < 4.78 is 4.40. The lowest BCUT2D eigenvalue weighted by molar-refractivity contribution is -0.123. The Kier molecular flexibility index (Phi) is 9.93. The van der Waals surface area contributed by atoms with Gasteiger partial charge in [-0.25, -0.2) is 4.79 Å². The van der Waals surface area contributed by atoms with E-state index in [2.05, 4.69) is 20.7 Å². The number of carbonyl (C=O) groups excluding carboxylic acids is 2. The van der Waals surface area contributed by atoms with Crippen molar-refractivity contribution in [1.82, 2.24) is 16.0 Å². The maximum atomic E-state index is 11.1. The number of nitrogens with one attached hydrogen (secondary N) is 3. The lowest BCUT2D eigenvalue weighted by Gasteiger charge is -2.09. The Balaban J connectivity index is 3.26. The molecule has 0 bridgehead atoms. The van der Waals surface area contributed by atoms with Gasteiger partial charge in [-0.2, -0.15) is 0 Å². The summed E-state index contributed by atoms with van der Waals surface area (Å²) in [6, 6.07) is -0.859. The van der Waals surface area contributed by atoms with Crippen LogP contribution in [0.4, 0.5) is 4.79 Å². The van der Waals surface area contributed by atoms with Crippen LogP contribution in [0.3, 0.4) is 0 Å². The van der Waals surface area contributed by atoms with Crippen LogP contribution in [-0.4, -0.2) is 63.0 Å². The number of hydrogen-bond donors (Lipinski definition) is 5. The minimum atomic E-state index is -0.859. The molecule has 106 valence electrons. The number of hydrogen-bond acceptors (Lipinski definition) is 6. The predicted octanol–water partition coefficient (Wildman–Crippen LogP) is -2.24. The molecule has 0 rings (SSSR count). The molecule has 0 aromatic heterocycles. The van der Waals surface area contributed by atoms with Crippen molar-refractivity contribution >= 4 is 12.0 Å². The molecule has 0 radical (unpaired) electrons. The van der Waals surface area contributed by atoms with E-state index >= 15 is 0 Å². The van der Waals surface area contributed by atoms with E-state index in [1.165, 1.54) is 7.11 Å². The van der Waals surface area contributed by atoms with E-state index in [0.29, 0.717) is 26.2 Å². The number of rotatable bonds is 9. The number of methoxy groups -OCH3 is 1. The van der Waals surface area contributed by atoms with Gasteiger partial charge in [-0.05, 0) is 13.0 Å². The van der Waals surface area contributed by atoms with Crippen molar-refractivity contribution in [3.8, 4) is 0 Å². The van der Waals surface area contributed by atoms with E-state index in [0.717, 1.165) is 6.42 Å². The lowest BCUT2D eigenvalue weighted by atomic mass is 10.3. The molecule has 6 N–H and O–H groups in total. The van der Waals surface area contributed by atoms with Crippen LogP contribution in [-0.2, 0) is 9.53 Å². The average Bonchev–Trinajstić information content (AvgIpc) is 2.39. The smallest absolute Gasteiger partial charge is 0.406 e. The second kappa shape index (κ2) is 10.8. The van der Waals surface area contributed by atoms with Gasteiger partial charge in [0.15, 0.2) is 0 Å². The Hall–Kier alpha value is -1.38. The normalized spacial score (nSPS) is 11.7. The molecule has 2 amide bonds. The Morgan fingerprint density at radius 1 is 1.22 bits per heavy atom. The fourth-order valence-electron chi connectivity index (χ4n) is 1.09. The van der Waals surface area contributed by atoms with Crippen LogP contribution in [0.25, 0.3) is 0 Å². The van der Waals surface area contributed by atoms with Crippen molar-refractivity contribution in [1.29, 1.82) is 0 Å². The first-order valence-electron chi connectivity index (χ1n) is 5.78. The second-order valence-corrected chi connectivity index (χ2v) is 3.60. The van der Waals surface area contributed by atoms with E-state index in [-0.39, 0.29) is 12.5 Å². The van der Waals surface area contributed by atoms with Gasteiger partial charge in [-0.1, -0.05) is 0 Å². The molecule has 1 atom stereocenters. The molecule has 8 nitrogen and oxygen atoms in total. The average molecular weight is 262 g/mol. The highest BCUT2D eigenvalue weighted by Crippen LogP contribution is 1.79. The highest BCUT2D eigenvalue weighted by Gasteiger charge is 2.09. The molecule has 0 aromatic rings. The summed E-state index contributed by atoms with van der Waals surface area (Å²) in [6.07, 6.45) is 0.282. The molecule has 0 aromatic carbocycles. The van der Waals surface area contributed by atoms with Gasteiger partial charge in [0, 0.05) is 19.6 Å². The summed E-state index contributed by atoms with van der Waals surface area (Å²) in [5, 5.41) is 16.8. The summed E-state index contributed by atoms with van der Waals surface area (Å²) >= 11 is 0. The van der Waals surface area contributed by atoms with Gasteiger partial charge in [-0.15, -0.1) is 0 Å². The van der Waals surface area contributed by atoms with E-state index in [4.69, 9.17) is 10.8 Å². The number of alkyl carbamates (subject to hydrolysis) is 1. The van der Waals surface area contributed by atoms with Gasteiger partial charge in [-0.3, -0.25) is 4.79 Å². The van der Waals surface area contributed by atoms with Crippen molar-refractivity contribution in [2.75, 3.05) is 39.9 Å². The van der Waals surface area contributed by atoms with Gasteiger partial charge < -0.3 is 31.5 Å². The first-order chi connectivity index (χ1) is 8.61. The number of ether oxygens (including phenoxy) is 1. The van der Waals surface area contributed by atoms with Crippen LogP contribution in [0.15, 0.2) is 0 Å². The SMILES string of the molecule is COC(=O)NCCNCCCNC(=O)[C@@H](N)CO. The largest absolute Gasteiger partial charge is 0.453 e. The van der Waals surface area contributed by atoms with E-state index in [1.807, 2.05) is 0 Å². The second-order valence-electron chi connectivity index (χ2n) is 3.60. The van der Waals surface area contributed by atoms with E-state index in [1.54, 1.807) is 0 Å². The Morgan fingerprint density at radius 2 is 1.94 bits per heavy atom. The molecule has 0 saturated heterocycles. The minimum Gasteiger partial charge on any atom is -0.453 e.